The Morgan fingerprint density at radius 2 is 1.89 bits per heavy atom. The van der Waals surface area contributed by atoms with Crippen LogP contribution in [0.5, 0.6) is 5.75 Å². The second kappa shape index (κ2) is 9.08. The summed E-state index contributed by atoms with van der Waals surface area (Å²) in [7, 11) is 1.59. The predicted molar refractivity (Wildman–Crippen MR) is 107 cm³/mol. The molecule has 1 amide bonds. The van der Waals surface area contributed by atoms with Gasteiger partial charge in [0.15, 0.2) is 0 Å². The fraction of sp³-hybridized carbons (Fsp3) is 0.273. The number of esters is 1. The number of methoxy groups -OCH3 is 1. The SMILES string of the molecule is CCCCOC(=O)c1ccc(NC(=O)Cc2coc3cc(OC)ccc23)cc1. The van der Waals surface area contributed by atoms with Crippen LogP contribution < -0.4 is 10.1 Å². The van der Waals surface area contributed by atoms with Gasteiger partial charge in [0.25, 0.3) is 0 Å². The predicted octanol–water partition coefficient (Wildman–Crippen LogP) is 4.58. The number of fused-ring (bicyclic) bond motifs is 1. The van der Waals surface area contributed by atoms with Crippen molar-refractivity contribution in [3.63, 3.8) is 0 Å². The average Bonchev–Trinajstić information content (AvgIpc) is 3.10. The molecule has 1 aromatic heterocycles. The summed E-state index contributed by atoms with van der Waals surface area (Å²) in [5.74, 6) is 0.176. The topological polar surface area (TPSA) is 77.8 Å². The molecule has 0 bridgehead atoms. The van der Waals surface area contributed by atoms with E-state index in [0.717, 1.165) is 23.8 Å². The maximum Gasteiger partial charge on any atom is 0.338 e. The zero-order valence-corrected chi connectivity index (χ0v) is 16.0. The van der Waals surface area contributed by atoms with Crippen molar-refractivity contribution in [2.75, 3.05) is 19.0 Å². The molecule has 6 heteroatoms. The smallest absolute Gasteiger partial charge is 0.338 e. The number of carbonyl (C=O) groups excluding carboxylic acids is 2. The molecule has 1 N–H and O–H groups in total. The van der Waals surface area contributed by atoms with Crippen molar-refractivity contribution in [3.05, 3.63) is 59.9 Å². The summed E-state index contributed by atoms with van der Waals surface area (Å²) < 4.78 is 15.9. The average molecular weight is 381 g/mol. The lowest BCUT2D eigenvalue weighted by molar-refractivity contribution is -0.115. The van der Waals surface area contributed by atoms with Gasteiger partial charge in [-0.15, -0.1) is 0 Å². The lowest BCUT2D eigenvalue weighted by Gasteiger charge is -2.07. The highest BCUT2D eigenvalue weighted by molar-refractivity contribution is 5.96. The molecule has 0 atom stereocenters. The largest absolute Gasteiger partial charge is 0.497 e. The normalized spacial score (nSPS) is 10.6. The number of hydrogen-bond donors (Lipinski definition) is 1. The van der Waals surface area contributed by atoms with Crippen molar-refractivity contribution in [2.24, 2.45) is 0 Å². The van der Waals surface area contributed by atoms with Crippen molar-refractivity contribution in [2.45, 2.75) is 26.2 Å². The third-order valence-corrected chi connectivity index (χ3v) is 4.35. The summed E-state index contributed by atoms with van der Waals surface area (Å²) in [5, 5.41) is 3.70. The number of benzene rings is 2. The van der Waals surface area contributed by atoms with E-state index in [1.165, 1.54) is 0 Å². The number of ether oxygens (including phenoxy) is 2. The third kappa shape index (κ3) is 4.71. The van der Waals surface area contributed by atoms with Crippen molar-refractivity contribution >= 4 is 28.5 Å². The van der Waals surface area contributed by atoms with Crippen LogP contribution in [0.25, 0.3) is 11.0 Å². The number of rotatable bonds is 8. The number of amides is 1. The quantitative estimate of drug-likeness (QED) is 0.456. The van der Waals surface area contributed by atoms with Crippen molar-refractivity contribution in [1.29, 1.82) is 0 Å². The fourth-order valence-electron chi connectivity index (χ4n) is 2.79. The standard InChI is InChI=1S/C22H23NO5/c1-3-4-11-27-22(25)15-5-7-17(8-6-15)23-21(24)12-16-14-28-20-13-18(26-2)9-10-19(16)20/h5-10,13-14H,3-4,11-12H2,1-2H3,(H,23,24). The van der Waals surface area contributed by atoms with E-state index in [1.54, 1.807) is 43.7 Å². The summed E-state index contributed by atoms with van der Waals surface area (Å²) in [6.07, 6.45) is 3.58. The first-order valence-corrected chi connectivity index (χ1v) is 9.22. The molecule has 6 nitrogen and oxygen atoms in total. The third-order valence-electron chi connectivity index (χ3n) is 4.35. The van der Waals surface area contributed by atoms with Crippen LogP contribution in [0.1, 0.15) is 35.7 Å². The molecule has 0 radical (unpaired) electrons. The van der Waals surface area contributed by atoms with E-state index in [4.69, 9.17) is 13.9 Å². The van der Waals surface area contributed by atoms with Crippen LogP contribution in [0.3, 0.4) is 0 Å². The maximum atomic E-state index is 12.4. The number of nitrogens with one attached hydrogen (secondary N) is 1. The molecule has 0 unspecified atom stereocenters. The Balaban J connectivity index is 1.60. The van der Waals surface area contributed by atoms with Gasteiger partial charge in [0.1, 0.15) is 11.3 Å². The first-order valence-electron chi connectivity index (χ1n) is 9.22. The molecule has 0 spiro atoms. The van der Waals surface area contributed by atoms with Gasteiger partial charge in [-0.1, -0.05) is 13.3 Å². The molecule has 0 aliphatic carbocycles. The first-order chi connectivity index (χ1) is 13.6. The molecule has 146 valence electrons. The van der Waals surface area contributed by atoms with Gasteiger partial charge in [-0.05, 0) is 42.8 Å². The number of carbonyl (C=O) groups is 2. The van der Waals surface area contributed by atoms with Gasteiger partial charge in [0.05, 0.1) is 32.0 Å². The van der Waals surface area contributed by atoms with Crippen LogP contribution in [0, 0.1) is 0 Å². The molecule has 0 aliphatic rings. The van der Waals surface area contributed by atoms with Crippen LogP contribution in [0.15, 0.2) is 53.1 Å². The van der Waals surface area contributed by atoms with Gasteiger partial charge >= 0.3 is 5.97 Å². The highest BCUT2D eigenvalue weighted by Crippen LogP contribution is 2.26. The maximum absolute atomic E-state index is 12.4. The number of hydrogen-bond acceptors (Lipinski definition) is 5. The number of furan rings is 1. The van der Waals surface area contributed by atoms with Crippen LogP contribution in [-0.2, 0) is 16.0 Å². The summed E-state index contributed by atoms with van der Waals surface area (Å²) in [6, 6.07) is 12.2. The molecule has 3 aromatic rings. The second-order valence-corrected chi connectivity index (χ2v) is 6.41. The first kappa shape index (κ1) is 19.5. The van der Waals surface area contributed by atoms with Crippen molar-refractivity contribution in [3.8, 4) is 5.75 Å². The second-order valence-electron chi connectivity index (χ2n) is 6.41. The number of unbranched alkanes of at least 4 members (excludes halogenated alkanes) is 1. The Hall–Kier alpha value is -3.28. The van der Waals surface area contributed by atoms with Crippen LogP contribution in [0.2, 0.25) is 0 Å². The Morgan fingerprint density at radius 3 is 2.61 bits per heavy atom. The van der Waals surface area contributed by atoms with Crippen LogP contribution >= 0.6 is 0 Å². The van der Waals surface area contributed by atoms with Crippen LogP contribution in [0.4, 0.5) is 5.69 Å². The van der Waals surface area contributed by atoms with E-state index in [0.29, 0.717) is 29.2 Å². The molecule has 0 aliphatic heterocycles. The molecular weight excluding hydrogens is 358 g/mol. The minimum Gasteiger partial charge on any atom is -0.497 e. The molecule has 0 saturated heterocycles. The van der Waals surface area contributed by atoms with Crippen molar-refractivity contribution in [1.82, 2.24) is 0 Å². The van der Waals surface area contributed by atoms with Gasteiger partial charge in [0, 0.05) is 22.7 Å². The molecular formula is C22H23NO5. The Bertz CT molecular complexity index is 959. The van der Waals surface area contributed by atoms with E-state index in [9.17, 15) is 9.59 Å². The molecule has 2 aromatic carbocycles. The molecule has 28 heavy (non-hydrogen) atoms. The highest BCUT2D eigenvalue weighted by Gasteiger charge is 2.12. The van der Waals surface area contributed by atoms with Gasteiger partial charge in [-0.2, -0.15) is 0 Å². The summed E-state index contributed by atoms with van der Waals surface area (Å²) in [5.41, 5.74) is 2.55. The Kier molecular flexibility index (Phi) is 6.32. The van der Waals surface area contributed by atoms with E-state index < -0.39 is 0 Å². The Morgan fingerprint density at radius 1 is 1.11 bits per heavy atom. The minimum atomic E-state index is -0.355. The molecule has 3 rings (SSSR count). The molecule has 0 saturated carbocycles. The van der Waals surface area contributed by atoms with E-state index in [-0.39, 0.29) is 18.3 Å². The lowest BCUT2D eigenvalue weighted by atomic mass is 10.1. The highest BCUT2D eigenvalue weighted by atomic mass is 16.5. The number of anilines is 1. The fourth-order valence-corrected chi connectivity index (χ4v) is 2.79. The van der Waals surface area contributed by atoms with E-state index in [1.807, 2.05) is 19.1 Å². The van der Waals surface area contributed by atoms with E-state index in [2.05, 4.69) is 5.32 Å². The van der Waals surface area contributed by atoms with E-state index >= 15 is 0 Å². The zero-order valence-electron chi connectivity index (χ0n) is 16.0. The van der Waals surface area contributed by atoms with Gasteiger partial charge < -0.3 is 19.2 Å². The zero-order chi connectivity index (χ0) is 19.9. The van der Waals surface area contributed by atoms with Crippen LogP contribution in [-0.4, -0.2) is 25.6 Å². The summed E-state index contributed by atoms with van der Waals surface area (Å²) in [6.45, 7) is 2.45. The summed E-state index contributed by atoms with van der Waals surface area (Å²) >= 11 is 0. The van der Waals surface area contributed by atoms with Gasteiger partial charge in [0.2, 0.25) is 5.91 Å². The minimum absolute atomic E-state index is 0.170. The van der Waals surface area contributed by atoms with Gasteiger partial charge in [-0.25, -0.2) is 4.79 Å². The Labute approximate surface area is 163 Å². The lowest BCUT2D eigenvalue weighted by Crippen LogP contribution is -2.14. The van der Waals surface area contributed by atoms with Crippen molar-refractivity contribution < 1.29 is 23.5 Å². The summed E-state index contributed by atoms with van der Waals surface area (Å²) in [4.78, 5) is 24.3. The molecule has 1 heterocycles. The molecule has 0 fully saturated rings. The monoisotopic (exact) mass is 381 g/mol. The van der Waals surface area contributed by atoms with Gasteiger partial charge in [-0.3, -0.25) is 4.79 Å².